The molecule has 2 unspecified atom stereocenters. The van der Waals surface area contributed by atoms with Crippen molar-refractivity contribution >= 4 is 0 Å². The van der Waals surface area contributed by atoms with E-state index < -0.39 is 0 Å². The van der Waals surface area contributed by atoms with Gasteiger partial charge in [-0.3, -0.25) is 6.08 Å². The molecule has 0 aromatic heterocycles. The number of fused-ring (bicyclic) bond motifs is 1. The smallest absolute Gasteiger partial charge is 1.00 e. The fraction of sp³-hybridized carbons (Fsp3) is 0.357. The molecule has 2 atom stereocenters. The van der Waals surface area contributed by atoms with Crippen molar-refractivity contribution in [2.45, 2.75) is 19.3 Å². The third kappa shape index (κ3) is 4.98. The van der Waals surface area contributed by atoms with E-state index in [0.29, 0.717) is 0 Å². The summed E-state index contributed by atoms with van der Waals surface area (Å²) >= 11 is 0. The van der Waals surface area contributed by atoms with E-state index in [1.165, 1.54) is 12.8 Å². The van der Waals surface area contributed by atoms with Gasteiger partial charge >= 0.3 is 26.2 Å². The monoisotopic (exact) mass is 310 g/mol. The minimum Gasteiger partial charge on any atom is -1.00 e. The van der Waals surface area contributed by atoms with Gasteiger partial charge in [0.2, 0.25) is 0 Å². The Morgan fingerprint density at radius 1 is 1.19 bits per heavy atom. The minimum absolute atomic E-state index is 0. The van der Waals surface area contributed by atoms with E-state index in [9.17, 15) is 0 Å². The first-order chi connectivity index (χ1) is 6.97. The molecule has 0 N–H and O–H groups in total. The SMILES string of the molecule is C1=CC2[CH-]CCC2C=C1.[C-]1=CC=CC1.[Cl-].[H-].[Zr+4]. The predicted octanol–water partition coefficient (Wildman–Crippen LogP) is 0.763. The molecule has 0 spiro atoms. The molecule has 1 fully saturated rings. The Morgan fingerprint density at radius 3 is 2.56 bits per heavy atom. The van der Waals surface area contributed by atoms with Crippen LogP contribution in [0.4, 0.5) is 0 Å². The molecule has 0 saturated heterocycles. The minimum atomic E-state index is 0. The molecule has 0 aromatic rings. The van der Waals surface area contributed by atoms with Crippen molar-refractivity contribution < 1.29 is 40.0 Å². The van der Waals surface area contributed by atoms with Gasteiger partial charge in [0.25, 0.3) is 0 Å². The van der Waals surface area contributed by atoms with Gasteiger partial charge in [-0.1, -0.05) is 24.6 Å². The van der Waals surface area contributed by atoms with Crippen molar-refractivity contribution in [2.75, 3.05) is 0 Å². The number of halogens is 1. The summed E-state index contributed by atoms with van der Waals surface area (Å²) in [5.74, 6) is 1.62. The fourth-order valence-electron chi connectivity index (χ4n) is 2.03. The van der Waals surface area contributed by atoms with Gasteiger partial charge in [-0.2, -0.15) is 12.5 Å². The van der Waals surface area contributed by atoms with Crippen molar-refractivity contribution in [2.24, 2.45) is 11.8 Å². The summed E-state index contributed by atoms with van der Waals surface area (Å²) < 4.78 is 0. The Morgan fingerprint density at radius 2 is 2.00 bits per heavy atom. The van der Waals surface area contributed by atoms with Crippen LogP contribution in [0.3, 0.4) is 0 Å². The molecule has 0 bridgehead atoms. The zero-order chi connectivity index (χ0) is 9.64. The van der Waals surface area contributed by atoms with Crippen LogP contribution in [0.2, 0.25) is 0 Å². The Labute approximate surface area is 126 Å². The average molecular weight is 312 g/mol. The van der Waals surface area contributed by atoms with E-state index in [-0.39, 0.29) is 40.0 Å². The molecule has 84 valence electrons. The molecule has 3 aliphatic carbocycles. The number of hydrogen-bond donors (Lipinski definition) is 0. The third-order valence-electron chi connectivity index (χ3n) is 2.82. The summed E-state index contributed by atoms with van der Waals surface area (Å²) in [5.41, 5.74) is 0. The number of allylic oxidation sites excluding steroid dienone is 8. The van der Waals surface area contributed by atoms with Crippen LogP contribution in [-0.4, -0.2) is 0 Å². The van der Waals surface area contributed by atoms with Gasteiger partial charge in [0, 0.05) is 0 Å². The van der Waals surface area contributed by atoms with Gasteiger partial charge in [0.1, 0.15) is 0 Å². The van der Waals surface area contributed by atoms with E-state index >= 15 is 0 Å². The molecular weight excluding hydrogens is 295 g/mol. The van der Waals surface area contributed by atoms with Crippen molar-refractivity contribution in [3.63, 3.8) is 0 Å². The first kappa shape index (κ1) is 16.1. The van der Waals surface area contributed by atoms with Gasteiger partial charge in [0.15, 0.2) is 0 Å². The molecule has 0 amide bonds. The zero-order valence-corrected chi connectivity index (χ0v) is 12.5. The maximum atomic E-state index is 2.99. The molecule has 3 rings (SSSR count). The van der Waals surface area contributed by atoms with E-state index in [2.05, 4.69) is 42.9 Å². The first-order valence-electron chi connectivity index (χ1n) is 5.37. The largest absolute Gasteiger partial charge is 4.00 e. The normalized spacial score (nSPS) is 27.5. The molecule has 3 aliphatic rings. The summed E-state index contributed by atoms with van der Waals surface area (Å²) in [6, 6.07) is 0. The maximum Gasteiger partial charge on any atom is 4.00 e. The van der Waals surface area contributed by atoms with Crippen molar-refractivity contribution in [3.8, 4) is 0 Å². The Balaban J connectivity index is 0. The summed E-state index contributed by atoms with van der Waals surface area (Å²) in [7, 11) is 0. The second-order valence-electron chi connectivity index (χ2n) is 3.83. The molecule has 0 aliphatic heterocycles. The van der Waals surface area contributed by atoms with E-state index in [1.807, 2.05) is 12.2 Å². The van der Waals surface area contributed by atoms with Gasteiger partial charge in [-0.25, -0.2) is 12.2 Å². The summed E-state index contributed by atoms with van der Waals surface area (Å²) in [6.07, 6.45) is 24.1. The van der Waals surface area contributed by atoms with Gasteiger partial charge < -0.3 is 20.3 Å². The second kappa shape index (κ2) is 9.19. The summed E-state index contributed by atoms with van der Waals surface area (Å²) in [6.45, 7) is 0. The standard InChI is InChI=1S/C9H11.C5H5.ClH.Zr.H/c1-2-5-9-7-3-6-8(9)4-1;1-2-4-5-3-1;;;/h1-2,4-6,8-9H,3,7H2;1-3H,4H2;1H;;/q2*-1;;+4;-1/p-1. The second-order valence-corrected chi connectivity index (χ2v) is 3.83. The van der Waals surface area contributed by atoms with Crippen LogP contribution in [0, 0.1) is 24.3 Å². The summed E-state index contributed by atoms with van der Waals surface area (Å²) in [5, 5.41) is 0. The molecule has 2 heteroatoms. The predicted molar refractivity (Wildman–Crippen MR) is 61.5 cm³/mol. The van der Waals surface area contributed by atoms with Crippen LogP contribution >= 0.6 is 0 Å². The zero-order valence-electron chi connectivity index (χ0n) is 10.3. The van der Waals surface area contributed by atoms with E-state index in [4.69, 9.17) is 0 Å². The molecule has 0 nitrogen and oxygen atoms in total. The molecule has 0 radical (unpaired) electrons. The topological polar surface area (TPSA) is 0 Å². The van der Waals surface area contributed by atoms with Crippen LogP contribution < -0.4 is 12.4 Å². The molecule has 0 aromatic carbocycles. The molecule has 0 heterocycles. The van der Waals surface area contributed by atoms with Crippen LogP contribution in [-0.2, 0) is 26.2 Å². The van der Waals surface area contributed by atoms with Crippen LogP contribution in [0.5, 0.6) is 0 Å². The Hall–Kier alpha value is 0.133. The van der Waals surface area contributed by atoms with Gasteiger partial charge in [0.05, 0.1) is 0 Å². The van der Waals surface area contributed by atoms with Crippen molar-refractivity contribution in [1.29, 1.82) is 0 Å². The van der Waals surface area contributed by atoms with E-state index in [1.54, 1.807) is 0 Å². The van der Waals surface area contributed by atoms with Crippen molar-refractivity contribution in [1.82, 2.24) is 0 Å². The Kier molecular flexibility index (Phi) is 9.27. The quantitative estimate of drug-likeness (QED) is 0.580. The Bertz CT molecular complexity index is 267. The van der Waals surface area contributed by atoms with Crippen LogP contribution in [0.15, 0.2) is 42.5 Å². The molecule has 16 heavy (non-hydrogen) atoms. The van der Waals surface area contributed by atoms with Gasteiger partial charge in [-0.05, 0) is 5.92 Å². The maximum absolute atomic E-state index is 2.99. The van der Waals surface area contributed by atoms with Crippen LogP contribution in [0.1, 0.15) is 20.7 Å². The molecule has 1 saturated carbocycles. The first-order valence-corrected chi connectivity index (χ1v) is 5.37. The van der Waals surface area contributed by atoms with Crippen molar-refractivity contribution in [3.05, 3.63) is 55.0 Å². The average Bonchev–Trinajstić information content (AvgIpc) is 2.92. The number of rotatable bonds is 0. The summed E-state index contributed by atoms with van der Waals surface area (Å²) in [4.78, 5) is 0. The third-order valence-corrected chi connectivity index (χ3v) is 2.82. The number of hydrogen-bond acceptors (Lipinski definition) is 0. The van der Waals surface area contributed by atoms with E-state index in [0.717, 1.165) is 18.3 Å². The van der Waals surface area contributed by atoms with Gasteiger partial charge in [-0.15, -0.1) is 18.4 Å². The fourth-order valence-corrected chi connectivity index (χ4v) is 2.03. The molecular formula is C14H17ClZr. The van der Waals surface area contributed by atoms with Crippen LogP contribution in [0.25, 0.3) is 0 Å².